The van der Waals surface area contributed by atoms with Crippen LogP contribution < -0.4 is 10.0 Å². The van der Waals surface area contributed by atoms with Gasteiger partial charge in [0.1, 0.15) is 0 Å². The van der Waals surface area contributed by atoms with Crippen LogP contribution in [0.4, 0.5) is 11.4 Å². The van der Waals surface area contributed by atoms with Gasteiger partial charge in [0.2, 0.25) is 13.7 Å². The molecule has 0 spiro atoms. The number of anilines is 2. The Kier molecular flexibility index (Phi) is 6.13. The molecule has 3 rings (SSSR count). The summed E-state index contributed by atoms with van der Waals surface area (Å²) in [6, 6.07) is 20.4. The van der Waals surface area contributed by atoms with E-state index in [4.69, 9.17) is 0 Å². The molecule has 1 aliphatic heterocycles. The maximum Gasteiger partial charge on any atom is 0.249 e. The summed E-state index contributed by atoms with van der Waals surface area (Å²) in [7, 11) is 0. The van der Waals surface area contributed by atoms with Crippen molar-refractivity contribution < 1.29 is 0 Å². The SMILES string of the molecule is CCC1N(c2ccccc2)B(C)C(C(C)(C)C)B(C)Nc2ccccc2C1(C)C. The summed E-state index contributed by atoms with van der Waals surface area (Å²) in [5.74, 6) is 0. The summed E-state index contributed by atoms with van der Waals surface area (Å²) in [5.41, 5.74) is 4.72. The Balaban J connectivity index is 2.28. The minimum absolute atomic E-state index is 0.00887. The van der Waals surface area contributed by atoms with E-state index in [9.17, 15) is 0 Å². The number of fused-ring (bicyclic) bond motifs is 1. The summed E-state index contributed by atoms with van der Waals surface area (Å²) >= 11 is 0. The van der Waals surface area contributed by atoms with Gasteiger partial charge >= 0.3 is 0 Å². The Labute approximate surface area is 179 Å². The van der Waals surface area contributed by atoms with Crippen molar-refractivity contribution in [2.75, 3.05) is 10.0 Å². The Hall–Kier alpha value is -1.83. The topological polar surface area (TPSA) is 15.3 Å². The third-order valence-electron chi connectivity index (χ3n) is 7.11. The fourth-order valence-corrected chi connectivity index (χ4v) is 6.10. The van der Waals surface area contributed by atoms with Gasteiger partial charge in [-0.15, -0.1) is 0 Å². The van der Waals surface area contributed by atoms with Crippen molar-refractivity contribution in [2.24, 2.45) is 5.41 Å². The molecule has 2 aromatic rings. The maximum absolute atomic E-state index is 3.94. The van der Waals surface area contributed by atoms with Gasteiger partial charge < -0.3 is 10.0 Å². The number of benzene rings is 2. The lowest BCUT2D eigenvalue weighted by atomic mass is 9.27. The molecule has 0 fully saturated rings. The van der Waals surface area contributed by atoms with E-state index < -0.39 is 0 Å². The zero-order chi connectivity index (χ0) is 21.4. The first-order valence-corrected chi connectivity index (χ1v) is 11.3. The van der Waals surface area contributed by atoms with E-state index in [0.717, 1.165) is 6.42 Å². The minimum atomic E-state index is 0.00887. The number of para-hydroxylation sites is 2. The summed E-state index contributed by atoms with van der Waals surface area (Å²) in [6.45, 7) is 19.9. The first kappa shape index (κ1) is 21.9. The fourth-order valence-electron chi connectivity index (χ4n) is 6.10. The lowest BCUT2D eigenvalue weighted by Crippen LogP contribution is -2.58. The van der Waals surface area contributed by atoms with Crippen LogP contribution in [0.2, 0.25) is 19.4 Å². The molecule has 2 atom stereocenters. The lowest BCUT2D eigenvalue weighted by molar-refractivity contribution is 0.394. The molecule has 1 N–H and O–H groups in total. The van der Waals surface area contributed by atoms with Crippen molar-refractivity contribution >= 4 is 25.1 Å². The van der Waals surface area contributed by atoms with Crippen molar-refractivity contribution in [3.8, 4) is 0 Å². The molecule has 29 heavy (non-hydrogen) atoms. The molecule has 0 amide bonds. The monoisotopic (exact) mass is 388 g/mol. The van der Waals surface area contributed by atoms with E-state index in [1.165, 1.54) is 16.9 Å². The molecule has 2 nitrogen and oxygen atoms in total. The summed E-state index contributed by atoms with van der Waals surface area (Å²) in [4.78, 5) is 2.73. The highest BCUT2D eigenvalue weighted by atomic mass is 15.1. The fraction of sp³-hybridized carbons (Fsp3) is 0.520. The van der Waals surface area contributed by atoms with Crippen molar-refractivity contribution in [1.82, 2.24) is 0 Å². The van der Waals surface area contributed by atoms with Crippen molar-refractivity contribution in [3.05, 3.63) is 60.2 Å². The van der Waals surface area contributed by atoms with Gasteiger partial charge in [-0.25, -0.2) is 0 Å². The van der Waals surface area contributed by atoms with Gasteiger partial charge in [0.15, 0.2) is 0 Å². The molecule has 0 aromatic heterocycles. The normalized spacial score (nSPS) is 22.3. The summed E-state index contributed by atoms with van der Waals surface area (Å²) < 4.78 is 0. The Bertz CT molecular complexity index is 813. The number of hydrogen-bond acceptors (Lipinski definition) is 2. The highest BCUT2D eigenvalue weighted by molar-refractivity contribution is 6.82. The molecule has 154 valence electrons. The van der Waals surface area contributed by atoms with E-state index in [1.54, 1.807) is 0 Å². The standard InChI is InChI=1S/C25H38B2N2/c1-9-22-25(5,6)20-17-13-14-18-21(20)28-26(7)23(24(2,3)4)27(8)29(22)19-15-11-10-12-16-19/h10-18,22-23,28H,9H2,1-8H3. The quantitative estimate of drug-likeness (QED) is 0.565. The van der Waals surface area contributed by atoms with Crippen LogP contribution in [-0.2, 0) is 5.41 Å². The van der Waals surface area contributed by atoms with Gasteiger partial charge in [0, 0.05) is 22.8 Å². The molecule has 0 radical (unpaired) electrons. The maximum atomic E-state index is 3.94. The second kappa shape index (κ2) is 8.13. The number of nitrogens with one attached hydrogen (secondary N) is 1. The third-order valence-corrected chi connectivity index (χ3v) is 7.11. The highest BCUT2D eigenvalue weighted by Gasteiger charge is 2.48. The van der Waals surface area contributed by atoms with Crippen LogP contribution in [0.25, 0.3) is 0 Å². The first-order chi connectivity index (χ1) is 13.6. The van der Waals surface area contributed by atoms with Crippen LogP contribution in [0, 0.1) is 5.41 Å². The van der Waals surface area contributed by atoms with E-state index in [1.807, 2.05) is 0 Å². The van der Waals surface area contributed by atoms with E-state index >= 15 is 0 Å². The molecule has 1 heterocycles. The zero-order valence-electron chi connectivity index (χ0n) is 19.7. The molecule has 2 aromatic carbocycles. The number of hydrogen-bond donors (Lipinski definition) is 1. The molecular weight excluding hydrogens is 350 g/mol. The van der Waals surface area contributed by atoms with E-state index in [-0.39, 0.29) is 10.8 Å². The van der Waals surface area contributed by atoms with Gasteiger partial charge in [-0.1, -0.05) is 91.6 Å². The highest BCUT2D eigenvalue weighted by Crippen LogP contribution is 2.45. The van der Waals surface area contributed by atoms with Crippen LogP contribution in [0.3, 0.4) is 0 Å². The molecule has 2 unspecified atom stereocenters. The first-order valence-electron chi connectivity index (χ1n) is 11.3. The molecule has 0 saturated carbocycles. The smallest absolute Gasteiger partial charge is 0.249 e. The van der Waals surface area contributed by atoms with Gasteiger partial charge in [-0.3, -0.25) is 0 Å². The molecule has 1 aliphatic rings. The van der Waals surface area contributed by atoms with Gasteiger partial charge in [0.25, 0.3) is 0 Å². The average Bonchev–Trinajstić information content (AvgIpc) is 2.67. The Morgan fingerprint density at radius 1 is 0.966 bits per heavy atom. The molecular formula is C25H38B2N2. The predicted octanol–water partition coefficient (Wildman–Crippen LogP) is 6.87. The number of rotatable bonds is 2. The van der Waals surface area contributed by atoms with Crippen molar-refractivity contribution in [1.29, 1.82) is 0 Å². The minimum Gasteiger partial charge on any atom is -0.428 e. The second-order valence-corrected chi connectivity index (χ2v) is 10.5. The van der Waals surface area contributed by atoms with Crippen molar-refractivity contribution in [3.63, 3.8) is 0 Å². The van der Waals surface area contributed by atoms with Crippen LogP contribution in [0.5, 0.6) is 0 Å². The largest absolute Gasteiger partial charge is 0.428 e. The Morgan fingerprint density at radius 3 is 2.14 bits per heavy atom. The molecule has 0 bridgehead atoms. The van der Waals surface area contributed by atoms with Crippen LogP contribution in [0.15, 0.2) is 54.6 Å². The summed E-state index contributed by atoms with van der Waals surface area (Å²) in [5, 5.41) is 3.94. The van der Waals surface area contributed by atoms with E-state index in [2.05, 4.69) is 120 Å². The van der Waals surface area contributed by atoms with Gasteiger partial charge in [-0.2, -0.15) is 0 Å². The van der Waals surface area contributed by atoms with Gasteiger partial charge in [-0.05, 0) is 41.3 Å². The van der Waals surface area contributed by atoms with E-state index in [0.29, 0.717) is 25.5 Å². The molecule has 4 heteroatoms. The average molecular weight is 388 g/mol. The molecule has 0 saturated heterocycles. The summed E-state index contributed by atoms with van der Waals surface area (Å²) in [6.07, 6.45) is 1.10. The zero-order valence-corrected chi connectivity index (χ0v) is 19.7. The molecule has 0 aliphatic carbocycles. The predicted molar refractivity (Wildman–Crippen MR) is 133 cm³/mol. The van der Waals surface area contributed by atoms with Crippen LogP contribution >= 0.6 is 0 Å². The third kappa shape index (κ3) is 4.09. The van der Waals surface area contributed by atoms with Gasteiger partial charge in [0.05, 0.1) is 0 Å². The van der Waals surface area contributed by atoms with Crippen LogP contribution in [-0.4, -0.2) is 19.7 Å². The lowest BCUT2D eigenvalue weighted by Gasteiger charge is -2.49. The second-order valence-electron chi connectivity index (χ2n) is 10.5. The Morgan fingerprint density at radius 2 is 1.55 bits per heavy atom. The van der Waals surface area contributed by atoms with Crippen molar-refractivity contribution in [2.45, 2.75) is 78.8 Å². The number of nitrogens with zero attached hydrogens (tertiary/aromatic N) is 1. The van der Waals surface area contributed by atoms with Crippen LogP contribution in [0.1, 0.15) is 53.5 Å².